The Morgan fingerprint density at radius 1 is 1.19 bits per heavy atom. The third-order valence-corrected chi connectivity index (χ3v) is 5.05. The van der Waals surface area contributed by atoms with Crippen LogP contribution in [0.1, 0.15) is 42.1 Å². The van der Waals surface area contributed by atoms with Crippen LogP contribution in [0.5, 0.6) is 6.01 Å². The van der Waals surface area contributed by atoms with Gasteiger partial charge in [0.1, 0.15) is 0 Å². The number of hydrogen-bond donors (Lipinski definition) is 2. The molecule has 1 fully saturated rings. The number of carbonyl (C=O) groups excluding carboxylic acids is 1. The molecule has 3 N–H and O–H groups in total. The summed E-state index contributed by atoms with van der Waals surface area (Å²) in [5, 5.41) is 9.80. The first-order chi connectivity index (χ1) is 13.1. The van der Waals surface area contributed by atoms with Crippen molar-refractivity contribution in [1.29, 1.82) is 0 Å². The lowest BCUT2D eigenvalue weighted by Gasteiger charge is -2.27. The van der Waals surface area contributed by atoms with Gasteiger partial charge in [-0.2, -0.15) is 4.98 Å². The van der Waals surface area contributed by atoms with Crippen molar-refractivity contribution in [3.05, 3.63) is 36.0 Å². The summed E-state index contributed by atoms with van der Waals surface area (Å²) in [6.07, 6.45) is 4.57. The summed E-state index contributed by atoms with van der Waals surface area (Å²) >= 11 is 0. The zero-order chi connectivity index (χ0) is 19.0. The van der Waals surface area contributed by atoms with Gasteiger partial charge in [-0.15, -0.1) is 0 Å². The van der Waals surface area contributed by atoms with E-state index < -0.39 is 5.91 Å². The molecule has 8 nitrogen and oxygen atoms in total. The van der Waals surface area contributed by atoms with Gasteiger partial charge < -0.3 is 15.6 Å². The molecule has 1 aliphatic carbocycles. The van der Waals surface area contributed by atoms with Gasteiger partial charge in [-0.3, -0.25) is 9.36 Å². The summed E-state index contributed by atoms with van der Waals surface area (Å²) < 4.78 is 7.44. The minimum atomic E-state index is -0.467. The molecule has 2 heterocycles. The normalized spacial score (nSPS) is 19.9. The molecular formula is C19H21N5O3. The van der Waals surface area contributed by atoms with Crippen LogP contribution in [0.4, 0.5) is 0 Å². The lowest BCUT2D eigenvalue weighted by Crippen LogP contribution is -2.21. The minimum Gasteiger partial charge on any atom is -0.468 e. The lowest BCUT2D eigenvalue weighted by atomic mass is 9.93. The summed E-state index contributed by atoms with van der Waals surface area (Å²) in [7, 11) is 1.58. The van der Waals surface area contributed by atoms with Crippen molar-refractivity contribution in [2.45, 2.75) is 37.8 Å². The highest BCUT2D eigenvalue weighted by Crippen LogP contribution is 2.34. The molecule has 1 aliphatic rings. The molecule has 0 unspecified atom stereocenters. The number of amides is 1. The average Bonchev–Trinajstić information content (AvgIpc) is 3.06. The number of aliphatic hydroxyl groups excluding tert-OH is 1. The number of rotatable bonds is 4. The maximum absolute atomic E-state index is 11.3. The fourth-order valence-corrected chi connectivity index (χ4v) is 3.58. The standard InChI is InChI=1S/C19H21N5O3/c1-27-19-23-17-18(24(19)13-6-8-14(25)9-7-13)22-15(10-21-17)11-2-4-12(5-3-11)16(20)26/h2-5,10,13-14,25H,6-9H2,1H3,(H2,20,26)/t13-,14+. The zero-order valence-corrected chi connectivity index (χ0v) is 15.0. The largest absolute Gasteiger partial charge is 0.468 e. The number of nitrogens with zero attached hydrogens (tertiary/aromatic N) is 4. The van der Waals surface area contributed by atoms with Gasteiger partial charge in [0.05, 0.1) is 25.1 Å². The smallest absolute Gasteiger partial charge is 0.300 e. The predicted octanol–water partition coefficient (Wildman–Crippen LogP) is 2.08. The first-order valence-corrected chi connectivity index (χ1v) is 8.94. The molecule has 140 valence electrons. The van der Waals surface area contributed by atoms with Crippen molar-refractivity contribution in [3.8, 4) is 17.3 Å². The van der Waals surface area contributed by atoms with Crippen molar-refractivity contribution in [3.63, 3.8) is 0 Å². The van der Waals surface area contributed by atoms with E-state index in [2.05, 4.69) is 9.97 Å². The minimum absolute atomic E-state index is 0.162. The van der Waals surface area contributed by atoms with E-state index in [0.29, 0.717) is 28.6 Å². The molecule has 8 heteroatoms. The number of carbonyl (C=O) groups is 1. The van der Waals surface area contributed by atoms with Crippen LogP contribution in [0, 0.1) is 0 Å². The van der Waals surface area contributed by atoms with Crippen molar-refractivity contribution >= 4 is 17.2 Å². The van der Waals surface area contributed by atoms with Crippen LogP contribution in [-0.2, 0) is 0 Å². The third kappa shape index (κ3) is 3.23. The van der Waals surface area contributed by atoms with Gasteiger partial charge >= 0.3 is 0 Å². The van der Waals surface area contributed by atoms with E-state index in [9.17, 15) is 9.90 Å². The van der Waals surface area contributed by atoms with E-state index in [1.165, 1.54) is 0 Å². The predicted molar refractivity (Wildman–Crippen MR) is 99.3 cm³/mol. The van der Waals surface area contributed by atoms with Gasteiger partial charge in [0.25, 0.3) is 6.01 Å². The molecule has 1 aromatic carbocycles. The SMILES string of the molecule is COc1nc2ncc(-c3ccc(C(N)=O)cc3)nc2n1[C@H]1CC[C@@H](O)CC1. The Bertz CT molecular complexity index is 975. The molecule has 0 saturated heterocycles. The maximum atomic E-state index is 11.3. The molecule has 2 aromatic heterocycles. The van der Waals surface area contributed by atoms with E-state index >= 15 is 0 Å². The number of aliphatic hydroxyl groups is 1. The first-order valence-electron chi connectivity index (χ1n) is 8.94. The van der Waals surface area contributed by atoms with Crippen molar-refractivity contribution in [2.24, 2.45) is 5.73 Å². The fraction of sp³-hybridized carbons (Fsp3) is 0.368. The van der Waals surface area contributed by atoms with Crippen LogP contribution in [0.2, 0.25) is 0 Å². The molecule has 0 bridgehead atoms. The summed E-state index contributed by atoms with van der Waals surface area (Å²) in [4.78, 5) is 24.9. The molecular weight excluding hydrogens is 346 g/mol. The quantitative estimate of drug-likeness (QED) is 0.729. The zero-order valence-electron chi connectivity index (χ0n) is 15.0. The number of imidazole rings is 1. The van der Waals surface area contributed by atoms with Crippen molar-refractivity contribution in [2.75, 3.05) is 7.11 Å². The molecule has 0 aliphatic heterocycles. The van der Waals surface area contributed by atoms with Crippen LogP contribution in [0.25, 0.3) is 22.6 Å². The fourth-order valence-electron chi connectivity index (χ4n) is 3.58. The molecule has 1 saturated carbocycles. The van der Waals surface area contributed by atoms with Gasteiger partial charge in [-0.05, 0) is 37.8 Å². The second-order valence-corrected chi connectivity index (χ2v) is 6.77. The van der Waals surface area contributed by atoms with Gasteiger partial charge in [0.2, 0.25) is 11.6 Å². The molecule has 0 radical (unpaired) electrons. The number of nitrogens with two attached hydrogens (primary N) is 1. The topological polar surface area (TPSA) is 116 Å². The van der Waals surface area contributed by atoms with Crippen LogP contribution >= 0.6 is 0 Å². The van der Waals surface area contributed by atoms with Crippen molar-refractivity contribution in [1.82, 2.24) is 19.5 Å². The second-order valence-electron chi connectivity index (χ2n) is 6.77. The number of ether oxygens (including phenoxy) is 1. The summed E-state index contributed by atoms with van der Waals surface area (Å²) in [5.41, 5.74) is 8.43. The number of methoxy groups -OCH3 is 1. The third-order valence-electron chi connectivity index (χ3n) is 5.05. The van der Waals surface area contributed by atoms with Crippen LogP contribution < -0.4 is 10.5 Å². The second kappa shape index (κ2) is 6.96. The Hall–Kier alpha value is -3.00. The van der Waals surface area contributed by atoms with Crippen LogP contribution in [0.15, 0.2) is 30.5 Å². The molecule has 4 rings (SSSR count). The number of fused-ring (bicyclic) bond motifs is 1. The van der Waals surface area contributed by atoms with Crippen LogP contribution in [-0.4, -0.2) is 43.7 Å². The van der Waals surface area contributed by atoms with Crippen molar-refractivity contribution < 1.29 is 14.6 Å². The van der Waals surface area contributed by atoms with E-state index in [-0.39, 0.29) is 12.1 Å². The van der Waals surface area contributed by atoms with Gasteiger partial charge in [-0.1, -0.05) is 12.1 Å². The van der Waals surface area contributed by atoms with E-state index in [4.69, 9.17) is 15.5 Å². The van der Waals surface area contributed by atoms with Gasteiger partial charge in [-0.25, -0.2) is 9.97 Å². The molecule has 1 amide bonds. The Kier molecular flexibility index (Phi) is 4.49. The Labute approximate surface area is 156 Å². The highest BCUT2D eigenvalue weighted by molar-refractivity contribution is 5.93. The van der Waals surface area contributed by atoms with Gasteiger partial charge in [0.15, 0.2) is 5.65 Å². The number of hydrogen-bond acceptors (Lipinski definition) is 6. The Balaban J connectivity index is 1.76. The molecule has 0 spiro atoms. The van der Waals surface area contributed by atoms with Crippen LogP contribution in [0.3, 0.4) is 0 Å². The summed E-state index contributed by atoms with van der Waals surface area (Å²) in [5.74, 6) is -0.467. The Morgan fingerprint density at radius 3 is 2.52 bits per heavy atom. The number of aromatic nitrogens is 4. The Morgan fingerprint density at radius 2 is 1.89 bits per heavy atom. The average molecular weight is 367 g/mol. The van der Waals surface area contributed by atoms with Gasteiger partial charge in [0, 0.05) is 17.2 Å². The summed E-state index contributed by atoms with van der Waals surface area (Å²) in [6.45, 7) is 0. The van der Waals surface area contributed by atoms with E-state index in [0.717, 1.165) is 31.2 Å². The molecule has 3 aromatic rings. The van der Waals surface area contributed by atoms with E-state index in [1.807, 2.05) is 4.57 Å². The van der Waals surface area contributed by atoms with E-state index in [1.54, 1.807) is 37.6 Å². The highest BCUT2D eigenvalue weighted by Gasteiger charge is 2.26. The monoisotopic (exact) mass is 367 g/mol. The summed E-state index contributed by atoms with van der Waals surface area (Å²) in [6, 6.07) is 7.58. The molecule has 0 atom stereocenters. The maximum Gasteiger partial charge on any atom is 0.300 e. The first kappa shape index (κ1) is 17.4. The lowest BCUT2D eigenvalue weighted by molar-refractivity contribution is 0.1000. The number of primary amides is 1. The number of benzene rings is 1. The molecule has 27 heavy (non-hydrogen) atoms. The highest BCUT2D eigenvalue weighted by atomic mass is 16.5.